The van der Waals surface area contributed by atoms with Gasteiger partial charge < -0.3 is 15.1 Å². The quantitative estimate of drug-likeness (QED) is 0.362. The number of aryl methyl sites for hydroxylation is 2. The van der Waals surface area contributed by atoms with Crippen molar-refractivity contribution in [1.82, 2.24) is 25.8 Å². The Morgan fingerprint density at radius 2 is 1.91 bits per heavy atom. The number of benzene rings is 2. The number of anilines is 2. The maximum atomic E-state index is 13.0. The first-order chi connectivity index (χ1) is 17.0. The summed E-state index contributed by atoms with van der Waals surface area (Å²) in [7, 11) is 0. The maximum absolute atomic E-state index is 13.0. The van der Waals surface area contributed by atoms with E-state index in [4.69, 9.17) is 4.42 Å². The van der Waals surface area contributed by atoms with Crippen molar-refractivity contribution in [2.75, 3.05) is 16.9 Å². The molecule has 0 radical (unpaired) electrons. The topological polar surface area (TPSA) is 116 Å². The smallest absolute Gasteiger partial charge is 0.292 e. The van der Waals surface area contributed by atoms with Crippen molar-refractivity contribution in [3.63, 3.8) is 0 Å². The second-order valence-corrected chi connectivity index (χ2v) is 8.92. The number of hydrazine groups is 1. The van der Waals surface area contributed by atoms with E-state index >= 15 is 0 Å². The van der Waals surface area contributed by atoms with Crippen LogP contribution in [-0.2, 0) is 4.79 Å². The summed E-state index contributed by atoms with van der Waals surface area (Å²) in [6.07, 6.45) is -0.948. The van der Waals surface area contributed by atoms with Gasteiger partial charge in [-0.25, -0.2) is 10.1 Å². The third-order valence-corrected chi connectivity index (χ3v) is 6.39. The van der Waals surface area contributed by atoms with Crippen molar-refractivity contribution in [3.8, 4) is 0 Å². The summed E-state index contributed by atoms with van der Waals surface area (Å²) in [6.45, 7) is 4.38. The second kappa shape index (κ2) is 8.26. The van der Waals surface area contributed by atoms with E-state index in [1.54, 1.807) is 16.8 Å². The van der Waals surface area contributed by atoms with Crippen LogP contribution in [-0.4, -0.2) is 34.3 Å². The molecule has 10 nitrogen and oxygen atoms in total. The number of nitrogens with one attached hydrogen (secondary N) is 4. The van der Waals surface area contributed by atoms with E-state index in [0.29, 0.717) is 23.6 Å². The van der Waals surface area contributed by atoms with Crippen molar-refractivity contribution in [2.45, 2.75) is 26.3 Å². The van der Waals surface area contributed by atoms with Crippen LogP contribution < -0.4 is 26.4 Å². The van der Waals surface area contributed by atoms with Crippen LogP contribution in [0.1, 0.15) is 28.1 Å². The van der Waals surface area contributed by atoms with Gasteiger partial charge in [-0.3, -0.25) is 19.9 Å². The lowest BCUT2D eigenvalue weighted by Gasteiger charge is -2.37. The number of carbonyl (C=O) groups is 2. The van der Waals surface area contributed by atoms with E-state index in [0.717, 1.165) is 16.6 Å². The first-order valence-electron chi connectivity index (χ1n) is 11.5. The largest absolute Gasteiger partial charge is 0.451 e. The van der Waals surface area contributed by atoms with E-state index in [1.165, 1.54) is 0 Å². The molecule has 0 bridgehead atoms. The molecule has 2 fully saturated rings. The fourth-order valence-electron chi connectivity index (χ4n) is 4.63. The molecule has 178 valence electrons. The Balaban J connectivity index is 1.26. The molecule has 2 amide bonds. The van der Waals surface area contributed by atoms with Gasteiger partial charge in [0.1, 0.15) is 17.6 Å². The molecule has 4 N–H and O–H groups in total. The van der Waals surface area contributed by atoms with Gasteiger partial charge in [0.05, 0.1) is 17.3 Å². The van der Waals surface area contributed by atoms with Crippen LogP contribution in [0.25, 0.3) is 11.0 Å². The fourth-order valence-corrected chi connectivity index (χ4v) is 4.63. The van der Waals surface area contributed by atoms with E-state index in [9.17, 15) is 9.59 Å². The zero-order valence-electron chi connectivity index (χ0n) is 19.3. The van der Waals surface area contributed by atoms with Crippen LogP contribution in [0.3, 0.4) is 0 Å². The molecule has 10 heteroatoms. The lowest BCUT2D eigenvalue weighted by Crippen LogP contribution is -2.61. The predicted octanol–water partition coefficient (Wildman–Crippen LogP) is 2.64. The average molecular weight is 472 g/mol. The predicted molar refractivity (Wildman–Crippen MR) is 130 cm³/mol. The number of aromatic nitrogens is 2. The number of rotatable bonds is 4. The number of furan rings is 1. The van der Waals surface area contributed by atoms with Crippen molar-refractivity contribution >= 4 is 34.3 Å². The molecule has 2 aromatic heterocycles. The zero-order valence-corrected chi connectivity index (χ0v) is 19.3. The van der Waals surface area contributed by atoms with Gasteiger partial charge in [-0.1, -0.05) is 35.9 Å². The third kappa shape index (κ3) is 3.82. The Bertz CT molecular complexity index is 1390. The molecule has 3 atom stereocenters. The van der Waals surface area contributed by atoms with E-state index in [-0.39, 0.29) is 23.8 Å². The Morgan fingerprint density at radius 1 is 1.11 bits per heavy atom. The highest BCUT2D eigenvalue weighted by Crippen LogP contribution is 2.28. The first kappa shape index (κ1) is 21.4. The Kier molecular flexibility index (Phi) is 5.05. The van der Waals surface area contributed by atoms with Gasteiger partial charge in [0.2, 0.25) is 5.91 Å². The van der Waals surface area contributed by atoms with Crippen LogP contribution >= 0.6 is 0 Å². The van der Waals surface area contributed by atoms with Gasteiger partial charge in [0.15, 0.2) is 12.0 Å². The van der Waals surface area contributed by atoms with Crippen LogP contribution in [0.4, 0.5) is 11.5 Å². The van der Waals surface area contributed by atoms with Gasteiger partial charge in [-0.15, -0.1) is 0 Å². The molecule has 2 aliphatic rings. The molecule has 0 spiro atoms. The summed E-state index contributed by atoms with van der Waals surface area (Å²) in [5, 5.41) is 16.7. The lowest BCUT2D eigenvalue weighted by atomic mass is 10.0. The molecular weight excluding hydrogens is 446 g/mol. The fraction of sp³-hybridized carbons (Fsp3) is 0.240. The summed E-state index contributed by atoms with van der Waals surface area (Å²) in [5.74, 6) is -0.132. The Labute approximate surface area is 201 Å². The second-order valence-electron chi connectivity index (χ2n) is 8.92. The highest BCUT2D eigenvalue weighted by atomic mass is 16.3. The molecule has 6 rings (SSSR count). The maximum Gasteiger partial charge on any atom is 0.292 e. The lowest BCUT2D eigenvalue weighted by molar-refractivity contribution is -0.129. The zero-order chi connectivity index (χ0) is 24.1. The number of fused-ring (bicyclic) bond motifs is 2. The van der Waals surface area contributed by atoms with Gasteiger partial charge in [-0.2, -0.15) is 5.10 Å². The highest BCUT2D eigenvalue weighted by Gasteiger charge is 2.45. The highest BCUT2D eigenvalue weighted by molar-refractivity contribution is 6.04. The number of para-hydroxylation sites is 1. The van der Waals surface area contributed by atoms with Gasteiger partial charge in [0, 0.05) is 18.0 Å². The number of nitrogens with zero attached hydrogens (tertiary/aromatic N) is 3. The van der Waals surface area contributed by atoms with Crippen LogP contribution in [0.2, 0.25) is 0 Å². The standard InChI is InChI=1S/C25H25N7O3/c1-14-7-9-17(10-8-14)31-22-18(13-26-31)23(33)29-25(28-22)32-21(11-15(2)30-32)27-24(34)20-12-16-5-3-4-6-19(16)35-20/h3-12,18,22,25-26,28H,13H2,1-2H3,(H,27,34)(H,29,33). The molecule has 2 aliphatic heterocycles. The number of hydrogen-bond donors (Lipinski definition) is 4. The first-order valence-corrected chi connectivity index (χ1v) is 11.5. The minimum atomic E-state index is -0.656. The van der Waals surface area contributed by atoms with E-state index in [1.807, 2.05) is 67.4 Å². The molecule has 35 heavy (non-hydrogen) atoms. The van der Waals surface area contributed by atoms with Crippen LogP contribution in [0.15, 0.2) is 65.1 Å². The summed E-state index contributed by atoms with van der Waals surface area (Å²) in [5.41, 5.74) is 6.78. The summed E-state index contributed by atoms with van der Waals surface area (Å²) < 4.78 is 7.28. The number of carbonyl (C=O) groups excluding carboxylic acids is 2. The molecule has 0 aliphatic carbocycles. The molecule has 2 aromatic carbocycles. The van der Waals surface area contributed by atoms with Crippen molar-refractivity contribution in [3.05, 3.63) is 77.7 Å². The van der Waals surface area contributed by atoms with Crippen molar-refractivity contribution < 1.29 is 14.0 Å². The normalized spacial score (nSPS) is 21.7. The monoisotopic (exact) mass is 471 g/mol. The molecular formula is C25H25N7O3. The third-order valence-electron chi connectivity index (χ3n) is 6.39. The Hall–Kier alpha value is -4.15. The van der Waals surface area contributed by atoms with Crippen molar-refractivity contribution in [2.24, 2.45) is 5.92 Å². The van der Waals surface area contributed by atoms with Crippen LogP contribution in [0.5, 0.6) is 0 Å². The number of hydrogen-bond acceptors (Lipinski definition) is 7. The van der Waals surface area contributed by atoms with Crippen LogP contribution in [0, 0.1) is 19.8 Å². The summed E-state index contributed by atoms with van der Waals surface area (Å²) >= 11 is 0. The summed E-state index contributed by atoms with van der Waals surface area (Å²) in [4.78, 5) is 26.0. The van der Waals surface area contributed by atoms with Crippen molar-refractivity contribution in [1.29, 1.82) is 0 Å². The van der Waals surface area contributed by atoms with Gasteiger partial charge in [-0.05, 0) is 38.1 Å². The SMILES string of the molecule is Cc1ccc(N2NCC3C(=O)NC(n4nc(C)cc4NC(=O)c4cc5ccccc5o4)NC32)cc1. The molecule has 0 saturated carbocycles. The van der Waals surface area contributed by atoms with E-state index in [2.05, 4.69) is 26.5 Å². The Morgan fingerprint density at radius 3 is 2.71 bits per heavy atom. The van der Waals surface area contributed by atoms with Gasteiger partial charge in [0.25, 0.3) is 5.91 Å². The summed E-state index contributed by atoms with van der Waals surface area (Å²) in [6, 6.07) is 19.0. The number of amides is 2. The molecule has 2 saturated heterocycles. The van der Waals surface area contributed by atoms with Gasteiger partial charge >= 0.3 is 0 Å². The average Bonchev–Trinajstić information content (AvgIpc) is 3.56. The molecule has 4 heterocycles. The minimum Gasteiger partial charge on any atom is -0.451 e. The molecule has 4 aromatic rings. The molecule has 3 unspecified atom stereocenters. The van der Waals surface area contributed by atoms with E-state index < -0.39 is 12.2 Å². The minimum absolute atomic E-state index is 0.0939.